The van der Waals surface area contributed by atoms with Gasteiger partial charge in [0.1, 0.15) is 5.75 Å². The van der Waals surface area contributed by atoms with Crippen LogP contribution in [0.25, 0.3) is 0 Å². The van der Waals surface area contributed by atoms with Crippen LogP contribution in [0.15, 0.2) is 41.8 Å². The fraction of sp³-hybridized carbons (Fsp3) is 0.450. The van der Waals surface area contributed by atoms with Crippen LogP contribution in [0.3, 0.4) is 0 Å². The second-order valence-electron chi connectivity index (χ2n) is 6.69. The number of carbonyl (C=O) groups is 1. The first kappa shape index (κ1) is 18.7. The summed E-state index contributed by atoms with van der Waals surface area (Å²) in [6.07, 6.45) is 0.913. The van der Waals surface area contributed by atoms with Crippen LogP contribution in [0.1, 0.15) is 11.8 Å². The lowest BCUT2D eigenvalue weighted by atomic mass is 10.2. The van der Waals surface area contributed by atoms with E-state index in [0.717, 1.165) is 44.9 Å². The first-order valence-corrected chi connectivity index (χ1v) is 10.1. The van der Waals surface area contributed by atoms with Crippen molar-refractivity contribution in [3.63, 3.8) is 0 Å². The Morgan fingerprint density at radius 3 is 2.62 bits per heavy atom. The van der Waals surface area contributed by atoms with E-state index < -0.39 is 0 Å². The summed E-state index contributed by atoms with van der Waals surface area (Å²) in [5, 5.41) is 5.17. The van der Waals surface area contributed by atoms with Gasteiger partial charge in [0.2, 0.25) is 0 Å². The van der Waals surface area contributed by atoms with Crippen LogP contribution in [-0.2, 0) is 11.2 Å². The van der Waals surface area contributed by atoms with Crippen molar-refractivity contribution >= 4 is 22.9 Å². The molecule has 1 aliphatic heterocycles. The molecule has 140 valence electrons. The van der Waals surface area contributed by atoms with Crippen molar-refractivity contribution in [2.45, 2.75) is 19.4 Å². The van der Waals surface area contributed by atoms with E-state index in [-0.39, 0.29) is 11.9 Å². The number of methoxy groups -OCH3 is 1. The van der Waals surface area contributed by atoms with E-state index >= 15 is 0 Å². The van der Waals surface area contributed by atoms with Gasteiger partial charge in [0.25, 0.3) is 5.91 Å². The molecule has 2 heterocycles. The summed E-state index contributed by atoms with van der Waals surface area (Å²) in [6.45, 7) is 6.65. The summed E-state index contributed by atoms with van der Waals surface area (Å²) in [4.78, 5) is 17.5. The van der Waals surface area contributed by atoms with Gasteiger partial charge in [-0.1, -0.05) is 6.07 Å². The number of hydrogen-bond acceptors (Lipinski definition) is 4. The smallest absolute Gasteiger partial charge is 0.278 e. The fourth-order valence-corrected chi connectivity index (χ4v) is 4.09. The summed E-state index contributed by atoms with van der Waals surface area (Å²) in [5.74, 6) is 1.04. The van der Waals surface area contributed by atoms with Gasteiger partial charge in [-0.05, 0) is 49.1 Å². The van der Waals surface area contributed by atoms with E-state index in [9.17, 15) is 4.79 Å². The lowest BCUT2D eigenvalue weighted by Crippen LogP contribution is -3.19. The molecule has 1 fully saturated rings. The number of hydrogen-bond donors (Lipinski definition) is 2. The van der Waals surface area contributed by atoms with Crippen LogP contribution in [0.5, 0.6) is 5.75 Å². The SMILES string of the molecule is COc1ccc(N2CC[NH+]([C@@H](C)C(=O)NCCc3cccs3)CC2)cc1. The van der Waals surface area contributed by atoms with E-state index in [1.54, 1.807) is 18.4 Å². The molecule has 26 heavy (non-hydrogen) atoms. The van der Waals surface area contributed by atoms with Crippen LogP contribution < -0.4 is 19.9 Å². The van der Waals surface area contributed by atoms with Crippen molar-refractivity contribution in [3.8, 4) is 5.75 Å². The summed E-state index contributed by atoms with van der Waals surface area (Å²) >= 11 is 1.74. The summed E-state index contributed by atoms with van der Waals surface area (Å²) < 4.78 is 5.22. The predicted octanol–water partition coefficient (Wildman–Crippen LogP) is 1.21. The zero-order valence-electron chi connectivity index (χ0n) is 15.5. The van der Waals surface area contributed by atoms with Gasteiger partial charge in [0.05, 0.1) is 33.3 Å². The molecule has 3 rings (SSSR count). The van der Waals surface area contributed by atoms with E-state index in [2.05, 4.69) is 39.9 Å². The lowest BCUT2D eigenvalue weighted by Gasteiger charge is -2.36. The van der Waals surface area contributed by atoms with Crippen molar-refractivity contribution < 1.29 is 14.4 Å². The normalized spacial score (nSPS) is 16.3. The Labute approximate surface area is 159 Å². The number of rotatable bonds is 7. The Morgan fingerprint density at radius 1 is 1.27 bits per heavy atom. The molecule has 1 aromatic carbocycles. The number of quaternary nitrogens is 1. The number of nitrogens with zero attached hydrogens (tertiary/aromatic N) is 1. The lowest BCUT2D eigenvalue weighted by molar-refractivity contribution is -0.914. The maximum absolute atomic E-state index is 12.4. The Morgan fingerprint density at radius 2 is 2.00 bits per heavy atom. The highest BCUT2D eigenvalue weighted by molar-refractivity contribution is 7.09. The average molecular weight is 375 g/mol. The molecule has 2 N–H and O–H groups in total. The number of anilines is 1. The van der Waals surface area contributed by atoms with Crippen LogP contribution in [0, 0.1) is 0 Å². The summed E-state index contributed by atoms with van der Waals surface area (Å²) in [7, 11) is 1.68. The first-order chi connectivity index (χ1) is 12.7. The molecule has 0 radical (unpaired) electrons. The Hall–Kier alpha value is -2.05. The van der Waals surface area contributed by atoms with E-state index in [1.165, 1.54) is 15.5 Å². The number of nitrogens with one attached hydrogen (secondary N) is 2. The van der Waals surface area contributed by atoms with E-state index in [0.29, 0.717) is 0 Å². The quantitative estimate of drug-likeness (QED) is 0.766. The summed E-state index contributed by atoms with van der Waals surface area (Å²) in [6, 6.07) is 12.4. The Bertz CT molecular complexity index is 680. The highest BCUT2D eigenvalue weighted by Gasteiger charge is 2.29. The molecule has 0 saturated carbocycles. The molecule has 5 nitrogen and oxygen atoms in total. The maximum Gasteiger partial charge on any atom is 0.278 e. The molecule has 0 spiro atoms. The first-order valence-electron chi connectivity index (χ1n) is 9.21. The standard InChI is InChI=1S/C20H27N3O2S/c1-16(20(24)21-10-9-19-4-3-15-26-19)22-11-13-23(14-12-22)17-5-7-18(25-2)8-6-17/h3-8,15-16H,9-14H2,1-2H3,(H,21,24)/p+1/t16-/m0/s1. The monoisotopic (exact) mass is 374 g/mol. The van der Waals surface area contributed by atoms with Crippen LogP contribution >= 0.6 is 11.3 Å². The highest BCUT2D eigenvalue weighted by atomic mass is 32.1. The number of ether oxygens (including phenoxy) is 1. The molecule has 0 unspecified atom stereocenters. The molecule has 1 saturated heterocycles. The maximum atomic E-state index is 12.4. The van der Waals surface area contributed by atoms with Gasteiger partial charge in [0, 0.05) is 17.1 Å². The molecule has 0 aliphatic carbocycles. The van der Waals surface area contributed by atoms with Crippen LogP contribution in [0.2, 0.25) is 0 Å². The number of piperazine rings is 1. The molecule has 1 amide bonds. The minimum Gasteiger partial charge on any atom is -0.497 e. The minimum absolute atomic E-state index is 0.00338. The van der Waals surface area contributed by atoms with Crippen molar-refractivity contribution in [2.75, 3.05) is 44.7 Å². The molecule has 1 aromatic heterocycles. The van der Waals surface area contributed by atoms with Crippen molar-refractivity contribution in [1.29, 1.82) is 0 Å². The average Bonchev–Trinajstić information content (AvgIpc) is 3.21. The molecule has 6 heteroatoms. The topological polar surface area (TPSA) is 46.0 Å². The number of carbonyl (C=O) groups excluding carboxylic acids is 1. The number of amides is 1. The molecule has 1 aliphatic rings. The van der Waals surface area contributed by atoms with Gasteiger partial charge in [0.15, 0.2) is 6.04 Å². The van der Waals surface area contributed by atoms with E-state index in [4.69, 9.17) is 4.74 Å². The molecule has 1 atom stereocenters. The van der Waals surface area contributed by atoms with Gasteiger partial charge >= 0.3 is 0 Å². The minimum atomic E-state index is -0.00338. The zero-order valence-corrected chi connectivity index (χ0v) is 16.3. The number of thiophene rings is 1. The van der Waals surface area contributed by atoms with Crippen LogP contribution in [0.4, 0.5) is 5.69 Å². The van der Waals surface area contributed by atoms with Crippen molar-refractivity contribution in [2.24, 2.45) is 0 Å². The summed E-state index contributed by atoms with van der Waals surface area (Å²) in [5.41, 5.74) is 1.22. The highest BCUT2D eigenvalue weighted by Crippen LogP contribution is 2.19. The molecule has 0 bridgehead atoms. The number of benzene rings is 1. The van der Waals surface area contributed by atoms with Crippen LogP contribution in [-0.4, -0.2) is 51.8 Å². The fourth-order valence-electron chi connectivity index (χ4n) is 3.38. The molecular formula is C20H28N3O2S+. The van der Waals surface area contributed by atoms with Crippen molar-refractivity contribution in [1.82, 2.24) is 5.32 Å². The molecule has 2 aromatic rings. The predicted molar refractivity (Wildman–Crippen MR) is 106 cm³/mol. The van der Waals surface area contributed by atoms with Crippen molar-refractivity contribution in [3.05, 3.63) is 46.7 Å². The third-order valence-electron chi connectivity index (χ3n) is 5.10. The Kier molecular flexibility index (Phi) is 6.52. The van der Waals surface area contributed by atoms with Gasteiger partial charge in [-0.3, -0.25) is 4.79 Å². The third kappa shape index (κ3) is 4.77. The van der Waals surface area contributed by atoms with E-state index in [1.807, 2.05) is 19.1 Å². The third-order valence-corrected chi connectivity index (χ3v) is 6.04. The molecular weight excluding hydrogens is 346 g/mol. The Balaban J connectivity index is 1.43. The van der Waals surface area contributed by atoms with Gasteiger partial charge < -0.3 is 19.9 Å². The zero-order chi connectivity index (χ0) is 18.4. The van der Waals surface area contributed by atoms with Gasteiger partial charge in [-0.2, -0.15) is 0 Å². The van der Waals surface area contributed by atoms with Gasteiger partial charge in [-0.25, -0.2) is 0 Å². The largest absolute Gasteiger partial charge is 0.497 e. The second kappa shape index (κ2) is 9.05. The van der Waals surface area contributed by atoms with Gasteiger partial charge in [-0.15, -0.1) is 11.3 Å². The second-order valence-corrected chi connectivity index (χ2v) is 7.72.